The van der Waals surface area contributed by atoms with Crippen LogP contribution in [0.1, 0.15) is 11.6 Å². The molecule has 7 heteroatoms. The molecule has 0 aromatic heterocycles. The average molecular weight is 251 g/mol. The molecule has 18 heavy (non-hydrogen) atoms. The smallest absolute Gasteiger partial charge is 0.332 e. The van der Waals surface area contributed by atoms with Crippen LogP contribution in [0.15, 0.2) is 29.4 Å². The normalized spacial score (nSPS) is 23.4. The van der Waals surface area contributed by atoms with Crippen molar-refractivity contribution in [3.05, 3.63) is 35.6 Å². The van der Waals surface area contributed by atoms with Gasteiger partial charge in [-0.2, -0.15) is 5.10 Å². The van der Waals surface area contributed by atoms with Gasteiger partial charge in [-0.05, 0) is 17.7 Å². The van der Waals surface area contributed by atoms with Crippen molar-refractivity contribution in [2.24, 2.45) is 16.8 Å². The van der Waals surface area contributed by atoms with E-state index in [-0.39, 0.29) is 17.8 Å². The Morgan fingerprint density at radius 3 is 2.89 bits per heavy atom. The van der Waals surface area contributed by atoms with Crippen molar-refractivity contribution in [3.63, 3.8) is 0 Å². The van der Waals surface area contributed by atoms with Gasteiger partial charge in [-0.25, -0.2) is 20.0 Å². The molecule has 0 saturated carbocycles. The van der Waals surface area contributed by atoms with E-state index in [9.17, 15) is 9.18 Å². The molecule has 2 rings (SSSR count). The van der Waals surface area contributed by atoms with E-state index in [1.54, 1.807) is 18.3 Å². The van der Waals surface area contributed by atoms with E-state index in [1.807, 2.05) is 0 Å². The first-order chi connectivity index (χ1) is 8.66. The second kappa shape index (κ2) is 5.56. The van der Waals surface area contributed by atoms with E-state index in [0.717, 1.165) is 5.56 Å². The van der Waals surface area contributed by atoms with Crippen molar-refractivity contribution >= 4 is 12.2 Å². The summed E-state index contributed by atoms with van der Waals surface area (Å²) >= 11 is 0. The minimum Gasteiger partial charge on any atom is -0.350 e. The highest BCUT2D eigenvalue weighted by Gasteiger charge is 2.26. The zero-order chi connectivity index (χ0) is 13.0. The Labute approximate surface area is 103 Å². The number of hydrogen-bond donors (Lipinski definition) is 4. The van der Waals surface area contributed by atoms with Crippen LogP contribution in [-0.4, -0.2) is 18.8 Å². The van der Waals surface area contributed by atoms with Crippen LogP contribution in [0, 0.1) is 11.7 Å². The molecule has 2 unspecified atom stereocenters. The molecule has 96 valence electrons. The van der Waals surface area contributed by atoms with Crippen molar-refractivity contribution in [3.8, 4) is 0 Å². The van der Waals surface area contributed by atoms with Gasteiger partial charge in [0.2, 0.25) is 0 Å². The van der Waals surface area contributed by atoms with E-state index in [2.05, 4.69) is 21.4 Å². The average Bonchev–Trinajstić information content (AvgIpc) is 2.78. The molecule has 1 aromatic rings. The molecular formula is C11H14FN5O. The third kappa shape index (κ3) is 3.02. The van der Waals surface area contributed by atoms with Crippen LogP contribution in [0.3, 0.4) is 0 Å². The van der Waals surface area contributed by atoms with Gasteiger partial charge < -0.3 is 5.73 Å². The van der Waals surface area contributed by atoms with Crippen LogP contribution in [0.4, 0.5) is 9.18 Å². The zero-order valence-electron chi connectivity index (χ0n) is 9.56. The number of hydrazone groups is 1. The number of nitrogens with one attached hydrogen (secondary N) is 3. The quantitative estimate of drug-likeness (QED) is 0.458. The summed E-state index contributed by atoms with van der Waals surface area (Å²) in [6.45, 7) is 0.659. The number of primary amides is 1. The summed E-state index contributed by atoms with van der Waals surface area (Å²) in [5.74, 6) is -0.229. The van der Waals surface area contributed by atoms with Gasteiger partial charge in [0.05, 0.1) is 6.04 Å². The largest absolute Gasteiger partial charge is 0.350 e. The summed E-state index contributed by atoms with van der Waals surface area (Å²) in [7, 11) is 0. The number of urea groups is 1. The SMILES string of the molecule is NC(=O)N/N=C/C1CNNC1c1ccc(F)cc1. The maximum absolute atomic E-state index is 12.8. The molecule has 5 N–H and O–H groups in total. The molecule has 2 amide bonds. The monoisotopic (exact) mass is 251 g/mol. The van der Waals surface area contributed by atoms with Crippen LogP contribution >= 0.6 is 0 Å². The minimum atomic E-state index is -0.705. The maximum Gasteiger partial charge on any atom is 0.332 e. The van der Waals surface area contributed by atoms with E-state index in [0.29, 0.717) is 6.54 Å². The van der Waals surface area contributed by atoms with Crippen molar-refractivity contribution in [1.29, 1.82) is 0 Å². The molecule has 0 bridgehead atoms. The number of carbonyl (C=O) groups is 1. The Hall–Kier alpha value is -1.99. The lowest BCUT2D eigenvalue weighted by molar-refractivity contribution is 0.249. The molecule has 1 saturated heterocycles. The number of nitrogens with two attached hydrogens (primary N) is 1. The number of benzene rings is 1. The van der Waals surface area contributed by atoms with E-state index < -0.39 is 6.03 Å². The molecule has 0 spiro atoms. The summed E-state index contributed by atoms with van der Waals surface area (Å²) in [6.07, 6.45) is 1.60. The van der Waals surface area contributed by atoms with Gasteiger partial charge in [0, 0.05) is 18.7 Å². The van der Waals surface area contributed by atoms with Crippen molar-refractivity contribution in [1.82, 2.24) is 16.3 Å². The predicted molar refractivity (Wildman–Crippen MR) is 65.0 cm³/mol. The summed E-state index contributed by atoms with van der Waals surface area (Å²) in [5, 5.41) is 3.74. The Bertz CT molecular complexity index is 447. The zero-order valence-corrected chi connectivity index (χ0v) is 9.56. The van der Waals surface area contributed by atoms with Gasteiger partial charge in [-0.15, -0.1) is 0 Å². The van der Waals surface area contributed by atoms with Crippen LogP contribution in [0.2, 0.25) is 0 Å². The molecule has 0 aliphatic carbocycles. The summed E-state index contributed by atoms with van der Waals surface area (Å²) in [6, 6.07) is 5.51. The van der Waals surface area contributed by atoms with Crippen LogP contribution in [0.5, 0.6) is 0 Å². The van der Waals surface area contributed by atoms with Gasteiger partial charge in [0.15, 0.2) is 0 Å². The molecule has 1 heterocycles. The van der Waals surface area contributed by atoms with Gasteiger partial charge in [-0.3, -0.25) is 5.43 Å². The fraction of sp³-hybridized carbons (Fsp3) is 0.273. The van der Waals surface area contributed by atoms with Gasteiger partial charge in [-0.1, -0.05) is 12.1 Å². The third-order valence-electron chi connectivity index (χ3n) is 2.69. The van der Waals surface area contributed by atoms with Crippen LogP contribution in [0.25, 0.3) is 0 Å². The lowest BCUT2D eigenvalue weighted by Crippen LogP contribution is -2.26. The minimum absolute atomic E-state index is 0.0240. The summed E-state index contributed by atoms with van der Waals surface area (Å²) in [5.41, 5.74) is 14.1. The highest BCUT2D eigenvalue weighted by Crippen LogP contribution is 2.23. The molecule has 1 aliphatic rings. The van der Waals surface area contributed by atoms with Crippen molar-refractivity contribution < 1.29 is 9.18 Å². The lowest BCUT2D eigenvalue weighted by atomic mass is 9.96. The number of hydrogen-bond acceptors (Lipinski definition) is 4. The first-order valence-corrected chi connectivity index (χ1v) is 5.49. The molecule has 6 nitrogen and oxygen atoms in total. The highest BCUT2D eigenvalue weighted by atomic mass is 19.1. The summed E-state index contributed by atoms with van der Waals surface area (Å²) in [4.78, 5) is 10.5. The molecule has 2 atom stereocenters. The summed E-state index contributed by atoms with van der Waals surface area (Å²) < 4.78 is 12.8. The van der Waals surface area contributed by atoms with Crippen molar-refractivity contribution in [2.45, 2.75) is 6.04 Å². The second-order valence-corrected chi connectivity index (χ2v) is 3.97. The number of rotatable bonds is 3. The van der Waals surface area contributed by atoms with Crippen LogP contribution < -0.4 is 22.0 Å². The van der Waals surface area contributed by atoms with Crippen LogP contribution in [-0.2, 0) is 0 Å². The fourth-order valence-electron chi connectivity index (χ4n) is 1.85. The second-order valence-electron chi connectivity index (χ2n) is 3.97. The first-order valence-electron chi connectivity index (χ1n) is 5.49. The van der Waals surface area contributed by atoms with Gasteiger partial charge >= 0.3 is 6.03 Å². The topological polar surface area (TPSA) is 91.5 Å². The van der Waals surface area contributed by atoms with Crippen molar-refractivity contribution in [2.75, 3.05) is 6.54 Å². The van der Waals surface area contributed by atoms with Gasteiger partial charge in [0.25, 0.3) is 0 Å². The molecular weight excluding hydrogens is 237 g/mol. The van der Waals surface area contributed by atoms with E-state index >= 15 is 0 Å². The predicted octanol–water partition coefficient (Wildman–Crippen LogP) is 0.245. The first kappa shape index (κ1) is 12.5. The number of hydrazine groups is 1. The fourth-order valence-corrected chi connectivity index (χ4v) is 1.85. The number of amides is 2. The lowest BCUT2D eigenvalue weighted by Gasteiger charge is -2.14. The number of nitrogens with zero attached hydrogens (tertiary/aromatic N) is 1. The Balaban J connectivity index is 2.05. The van der Waals surface area contributed by atoms with E-state index in [4.69, 9.17) is 5.73 Å². The van der Waals surface area contributed by atoms with E-state index in [1.165, 1.54) is 12.1 Å². The molecule has 0 radical (unpaired) electrons. The Morgan fingerprint density at radius 1 is 1.50 bits per heavy atom. The third-order valence-corrected chi connectivity index (χ3v) is 2.69. The Kier molecular flexibility index (Phi) is 3.85. The molecule has 1 aromatic carbocycles. The molecule has 1 aliphatic heterocycles. The Morgan fingerprint density at radius 2 is 2.22 bits per heavy atom. The highest BCUT2D eigenvalue weighted by molar-refractivity contribution is 5.73. The van der Waals surface area contributed by atoms with Gasteiger partial charge in [0.1, 0.15) is 5.82 Å². The number of carbonyl (C=O) groups excluding carboxylic acids is 1. The molecule has 1 fully saturated rings. The maximum atomic E-state index is 12.8. The number of halogens is 1. The standard InChI is InChI=1S/C11H14FN5O/c12-9-3-1-7(2-4-9)10-8(5-14-16-10)6-15-17-11(13)18/h1-4,6,8,10,14,16H,5H2,(H3,13,17,18)/b15-6+.